The van der Waals surface area contributed by atoms with Gasteiger partial charge in [0.2, 0.25) is 0 Å². The third-order valence-corrected chi connectivity index (χ3v) is 2.85. The van der Waals surface area contributed by atoms with Crippen molar-refractivity contribution in [2.75, 3.05) is 5.73 Å². The number of aromatic nitrogens is 2. The van der Waals surface area contributed by atoms with Gasteiger partial charge in [-0.05, 0) is 29.0 Å². The fourth-order valence-corrected chi connectivity index (χ4v) is 2.04. The first kappa shape index (κ1) is 10.5. The van der Waals surface area contributed by atoms with Crippen LogP contribution in [0.1, 0.15) is 0 Å². The predicted molar refractivity (Wildman–Crippen MR) is 69.3 cm³/mol. The quantitative estimate of drug-likeness (QED) is 0.525. The minimum Gasteiger partial charge on any atom is -0.508 e. The number of nitrogens with zero attached hydrogens (tertiary/aromatic N) is 1. The Kier molecular flexibility index (Phi) is 2.13. The molecular formula is C13H11N3O2. The SMILES string of the molecule is Nc1cc(-c2c(O)ccc3ccc(O)cc23)[nH]n1. The van der Waals surface area contributed by atoms with Crippen molar-refractivity contribution in [3.8, 4) is 22.8 Å². The molecule has 1 heterocycles. The highest BCUT2D eigenvalue weighted by molar-refractivity contribution is 5.99. The first-order valence-corrected chi connectivity index (χ1v) is 5.41. The summed E-state index contributed by atoms with van der Waals surface area (Å²) in [6.07, 6.45) is 0. The molecule has 0 bridgehead atoms. The largest absolute Gasteiger partial charge is 0.508 e. The molecule has 0 atom stereocenters. The summed E-state index contributed by atoms with van der Waals surface area (Å²) < 4.78 is 0. The molecule has 5 N–H and O–H groups in total. The molecule has 0 saturated heterocycles. The first-order valence-electron chi connectivity index (χ1n) is 5.41. The molecule has 5 heteroatoms. The zero-order chi connectivity index (χ0) is 12.7. The molecule has 0 amide bonds. The maximum atomic E-state index is 9.99. The fraction of sp³-hybridized carbons (Fsp3) is 0. The van der Waals surface area contributed by atoms with E-state index in [2.05, 4.69) is 10.2 Å². The molecule has 3 rings (SSSR count). The summed E-state index contributed by atoms with van der Waals surface area (Å²) in [5, 5.41) is 27.8. The van der Waals surface area contributed by atoms with Crippen molar-refractivity contribution in [1.29, 1.82) is 0 Å². The van der Waals surface area contributed by atoms with Gasteiger partial charge in [-0.25, -0.2) is 0 Å². The lowest BCUT2D eigenvalue weighted by atomic mass is 10.0. The van der Waals surface area contributed by atoms with Gasteiger partial charge in [0.15, 0.2) is 0 Å². The van der Waals surface area contributed by atoms with E-state index in [1.807, 2.05) is 0 Å². The van der Waals surface area contributed by atoms with Crippen LogP contribution in [-0.2, 0) is 0 Å². The number of phenolic OH excluding ortho intramolecular Hbond substituents is 2. The van der Waals surface area contributed by atoms with Crippen molar-refractivity contribution in [2.24, 2.45) is 0 Å². The van der Waals surface area contributed by atoms with Gasteiger partial charge in [-0.2, -0.15) is 5.10 Å². The summed E-state index contributed by atoms with van der Waals surface area (Å²) in [6.45, 7) is 0. The number of nitrogens with one attached hydrogen (secondary N) is 1. The number of H-pyrrole nitrogens is 1. The van der Waals surface area contributed by atoms with Gasteiger partial charge in [-0.1, -0.05) is 12.1 Å². The van der Waals surface area contributed by atoms with Gasteiger partial charge >= 0.3 is 0 Å². The summed E-state index contributed by atoms with van der Waals surface area (Å²) >= 11 is 0. The van der Waals surface area contributed by atoms with Crippen molar-refractivity contribution in [2.45, 2.75) is 0 Å². The number of rotatable bonds is 1. The molecule has 0 fully saturated rings. The number of hydrogen-bond donors (Lipinski definition) is 4. The molecule has 0 aliphatic rings. The second kappa shape index (κ2) is 3.66. The van der Waals surface area contributed by atoms with E-state index in [0.29, 0.717) is 17.1 Å². The Morgan fingerprint density at radius 1 is 1.06 bits per heavy atom. The van der Waals surface area contributed by atoms with Crippen molar-refractivity contribution < 1.29 is 10.2 Å². The number of aromatic amines is 1. The molecule has 18 heavy (non-hydrogen) atoms. The number of phenols is 2. The maximum absolute atomic E-state index is 9.99. The zero-order valence-corrected chi connectivity index (χ0v) is 9.38. The summed E-state index contributed by atoms with van der Waals surface area (Å²) in [5.74, 6) is 0.597. The lowest BCUT2D eigenvalue weighted by Gasteiger charge is -2.07. The van der Waals surface area contributed by atoms with Crippen molar-refractivity contribution in [1.82, 2.24) is 10.2 Å². The fourth-order valence-electron chi connectivity index (χ4n) is 2.04. The van der Waals surface area contributed by atoms with E-state index >= 15 is 0 Å². The lowest BCUT2D eigenvalue weighted by molar-refractivity contribution is 0.475. The van der Waals surface area contributed by atoms with E-state index in [1.54, 1.807) is 36.4 Å². The van der Waals surface area contributed by atoms with Crippen LogP contribution >= 0.6 is 0 Å². The number of fused-ring (bicyclic) bond motifs is 1. The highest BCUT2D eigenvalue weighted by atomic mass is 16.3. The topological polar surface area (TPSA) is 95.2 Å². The molecule has 0 aliphatic heterocycles. The average molecular weight is 241 g/mol. The molecule has 0 spiro atoms. The maximum Gasteiger partial charge on any atom is 0.145 e. The number of hydrogen-bond acceptors (Lipinski definition) is 4. The van der Waals surface area contributed by atoms with Crippen LogP contribution in [0.15, 0.2) is 36.4 Å². The second-order valence-corrected chi connectivity index (χ2v) is 4.07. The molecule has 0 aliphatic carbocycles. The summed E-state index contributed by atoms with van der Waals surface area (Å²) in [7, 11) is 0. The number of anilines is 1. The third kappa shape index (κ3) is 1.53. The highest BCUT2D eigenvalue weighted by Gasteiger charge is 2.12. The van der Waals surface area contributed by atoms with Crippen LogP contribution in [0.3, 0.4) is 0 Å². The molecular weight excluding hydrogens is 230 g/mol. The summed E-state index contributed by atoms with van der Waals surface area (Å²) in [6, 6.07) is 10.0. The lowest BCUT2D eigenvalue weighted by Crippen LogP contribution is -1.83. The van der Waals surface area contributed by atoms with E-state index in [9.17, 15) is 10.2 Å². The summed E-state index contributed by atoms with van der Waals surface area (Å²) in [5.41, 5.74) is 6.76. The molecule has 90 valence electrons. The Morgan fingerprint density at radius 3 is 2.56 bits per heavy atom. The molecule has 3 aromatic rings. The van der Waals surface area contributed by atoms with Crippen LogP contribution in [0.2, 0.25) is 0 Å². The molecule has 5 nitrogen and oxygen atoms in total. The van der Waals surface area contributed by atoms with E-state index in [4.69, 9.17) is 5.73 Å². The molecule has 0 saturated carbocycles. The van der Waals surface area contributed by atoms with Gasteiger partial charge in [-0.15, -0.1) is 0 Å². The van der Waals surface area contributed by atoms with Crippen molar-refractivity contribution in [3.05, 3.63) is 36.4 Å². The normalized spacial score (nSPS) is 10.9. The Morgan fingerprint density at radius 2 is 1.83 bits per heavy atom. The molecule has 2 aromatic carbocycles. The van der Waals surface area contributed by atoms with Gasteiger partial charge in [0.25, 0.3) is 0 Å². The average Bonchev–Trinajstić information content (AvgIpc) is 2.75. The smallest absolute Gasteiger partial charge is 0.145 e. The van der Waals surface area contributed by atoms with Gasteiger partial charge in [0, 0.05) is 11.6 Å². The number of nitrogen functional groups attached to an aromatic ring is 1. The third-order valence-electron chi connectivity index (χ3n) is 2.85. The van der Waals surface area contributed by atoms with Gasteiger partial charge in [-0.3, -0.25) is 5.10 Å². The monoisotopic (exact) mass is 241 g/mol. The van der Waals surface area contributed by atoms with Crippen molar-refractivity contribution in [3.63, 3.8) is 0 Å². The van der Waals surface area contributed by atoms with E-state index in [-0.39, 0.29) is 11.5 Å². The molecule has 1 aromatic heterocycles. The second-order valence-electron chi connectivity index (χ2n) is 4.07. The van der Waals surface area contributed by atoms with E-state index in [1.165, 1.54) is 0 Å². The number of aromatic hydroxyl groups is 2. The van der Waals surface area contributed by atoms with Crippen LogP contribution in [0.4, 0.5) is 5.82 Å². The Hall–Kier alpha value is -2.69. The van der Waals surface area contributed by atoms with Gasteiger partial charge in [0.1, 0.15) is 17.3 Å². The molecule has 0 radical (unpaired) electrons. The van der Waals surface area contributed by atoms with Crippen LogP contribution in [0, 0.1) is 0 Å². The Balaban J connectivity index is 2.39. The Bertz CT molecular complexity index is 729. The van der Waals surface area contributed by atoms with E-state index in [0.717, 1.165) is 10.8 Å². The Labute approximate surface area is 102 Å². The van der Waals surface area contributed by atoms with Crippen LogP contribution in [0.25, 0.3) is 22.0 Å². The first-order chi connectivity index (χ1) is 8.65. The standard InChI is InChI=1S/C13H11N3O2/c14-12-6-10(15-16-12)13-9-5-8(17)3-1-7(9)2-4-11(13)18/h1-6,17-18H,(H3,14,15,16). The van der Waals surface area contributed by atoms with Crippen LogP contribution < -0.4 is 5.73 Å². The predicted octanol–water partition coefficient (Wildman–Crippen LogP) is 2.22. The minimum atomic E-state index is 0.108. The van der Waals surface area contributed by atoms with Crippen LogP contribution in [0.5, 0.6) is 11.5 Å². The molecule has 0 unspecified atom stereocenters. The van der Waals surface area contributed by atoms with Crippen molar-refractivity contribution >= 4 is 16.6 Å². The number of nitrogens with two attached hydrogens (primary N) is 1. The van der Waals surface area contributed by atoms with Crippen LogP contribution in [-0.4, -0.2) is 20.4 Å². The number of benzene rings is 2. The van der Waals surface area contributed by atoms with Gasteiger partial charge < -0.3 is 15.9 Å². The minimum absolute atomic E-state index is 0.108. The van der Waals surface area contributed by atoms with E-state index < -0.39 is 0 Å². The summed E-state index contributed by atoms with van der Waals surface area (Å²) in [4.78, 5) is 0. The zero-order valence-electron chi connectivity index (χ0n) is 9.38. The highest BCUT2D eigenvalue weighted by Crippen LogP contribution is 2.37. The van der Waals surface area contributed by atoms with Gasteiger partial charge in [0.05, 0.1) is 5.69 Å².